The fraction of sp³-hybridized carbons (Fsp3) is 0.375. The number of nitrogens with zero attached hydrogens (tertiary/aromatic N) is 2. The quantitative estimate of drug-likeness (QED) is 0.750. The van der Waals surface area contributed by atoms with Crippen molar-refractivity contribution >= 4 is 12.4 Å². The van der Waals surface area contributed by atoms with Gasteiger partial charge in [-0.3, -0.25) is 9.80 Å². The summed E-state index contributed by atoms with van der Waals surface area (Å²) in [6.45, 7) is 9.47. The molecule has 0 aromatic heterocycles. The molecule has 0 spiro atoms. The fourth-order valence-electron chi connectivity index (χ4n) is 2.23. The van der Waals surface area contributed by atoms with Crippen LogP contribution in [0.2, 0.25) is 0 Å². The van der Waals surface area contributed by atoms with Gasteiger partial charge in [0.1, 0.15) is 6.29 Å². The highest BCUT2D eigenvalue weighted by molar-refractivity contribution is 5.52. The van der Waals surface area contributed by atoms with E-state index in [2.05, 4.69) is 41.0 Å². The molecule has 0 amide bonds. The minimum atomic E-state index is 0.571. The zero-order valence-electron chi connectivity index (χ0n) is 11.3. The van der Waals surface area contributed by atoms with Crippen molar-refractivity contribution < 1.29 is 4.79 Å². The first-order chi connectivity index (χ1) is 9.28. The monoisotopic (exact) mass is 257 g/mol. The van der Waals surface area contributed by atoms with E-state index in [4.69, 9.17) is 0 Å². The molecule has 1 aromatic rings. The SMILES string of the molecule is [CH2]c1ccc(/C=C/CN2CCN(CC=O)CC2)cc1. The molecule has 1 radical (unpaired) electrons. The van der Waals surface area contributed by atoms with E-state index in [9.17, 15) is 4.79 Å². The maximum Gasteiger partial charge on any atom is 0.133 e. The zero-order chi connectivity index (χ0) is 13.5. The zero-order valence-corrected chi connectivity index (χ0v) is 11.3. The van der Waals surface area contributed by atoms with Crippen molar-refractivity contribution in [1.29, 1.82) is 0 Å². The second kappa shape index (κ2) is 7.22. The van der Waals surface area contributed by atoms with Gasteiger partial charge in [-0.2, -0.15) is 0 Å². The van der Waals surface area contributed by atoms with Crippen molar-refractivity contribution in [3.8, 4) is 0 Å². The first-order valence-corrected chi connectivity index (χ1v) is 6.75. The number of benzene rings is 1. The predicted molar refractivity (Wildman–Crippen MR) is 78.9 cm³/mol. The summed E-state index contributed by atoms with van der Waals surface area (Å²) in [5.74, 6) is 0. The van der Waals surface area contributed by atoms with Crippen LogP contribution in [0.1, 0.15) is 11.1 Å². The van der Waals surface area contributed by atoms with Gasteiger partial charge in [0, 0.05) is 32.7 Å². The number of carbonyl (C=O) groups excluding carboxylic acids is 1. The lowest BCUT2D eigenvalue weighted by molar-refractivity contribution is -0.109. The first kappa shape index (κ1) is 14.0. The summed E-state index contributed by atoms with van der Waals surface area (Å²) in [7, 11) is 0. The van der Waals surface area contributed by atoms with Crippen LogP contribution >= 0.6 is 0 Å². The second-order valence-corrected chi connectivity index (χ2v) is 4.91. The van der Waals surface area contributed by atoms with E-state index in [0.717, 1.165) is 44.6 Å². The van der Waals surface area contributed by atoms with E-state index in [1.807, 2.05) is 12.1 Å². The molecule has 0 bridgehead atoms. The van der Waals surface area contributed by atoms with Crippen molar-refractivity contribution in [2.75, 3.05) is 39.3 Å². The van der Waals surface area contributed by atoms with Gasteiger partial charge < -0.3 is 4.79 Å². The number of rotatable bonds is 5. The van der Waals surface area contributed by atoms with Crippen LogP contribution in [-0.4, -0.2) is 55.4 Å². The van der Waals surface area contributed by atoms with Crippen LogP contribution in [0.3, 0.4) is 0 Å². The summed E-state index contributed by atoms with van der Waals surface area (Å²) in [4.78, 5) is 15.0. The maximum absolute atomic E-state index is 10.4. The van der Waals surface area contributed by atoms with Crippen molar-refractivity contribution in [2.45, 2.75) is 0 Å². The first-order valence-electron chi connectivity index (χ1n) is 6.75. The van der Waals surface area contributed by atoms with Gasteiger partial charge in [0.05, 0.1) is 6.54 Å². The van der Waals surface area contributed by atoms with Gasteiger partial charge in [-0.05, 0) is 18.1 Å². The van der Waals surface area contributed by atoms with Gasteiger partial charge in [0.25, 0.3) is 0 Å². The molecule has 3 nitrogen and oxygen atoms in total. The lowest BCUT2D eigenvalue weighted by Crippen LogP contribution is -2.46. The van der Waals surface area contributed by atoms with Crippen LogP contribution < -0.4 is 0 Å². The Labute approximate surface area is 115 Å². The number of carbonyl (C=O) groups is 1. The highest BCUT2D eigenvalue weighted by atomic mass is 16.1. The summed E-state index contributed by atoms with van der Waals surface area (Å²) in [6.07, 6.45) is 5.34. The average molecular weight is 257 g/mol. The third-order valence-corrected chi connectivity index (χ3v) is 3.45. The molecule has 1 aliphatic rings. The van der Waals surface area contributed by atoms with Crippen LogP contribution in [0.15, 0.2) is 30.3 Å². The Morgan fingerprint density at radius 1 is 1.00 bits per heavy atom. The minimum Gasteiger partial charge on any atom is -0.302 e. The third-order valence-electron chi connectivity index (χ3n) is 3.45. The molecule has 1 aromatic carbocycles. The van der Waals surface area contributed by atoms with Gasteiger partial charge in [0.2, 0.25) is 0 Å². The highest BCUT2D eigenvalue weighted by Crippen LogP contribution is 2.06. The molecular weight excluding hydrogens is 236 g/mol. The van der Waals surface area contributed by atoms with E-state index < -0.39 is 0 Å². The van der Waals surface area contributed by atoms with Crippen molar-refractivity contribution in [2.24, 2.45) is 0 Å². The molecular formula is C16H21N2O. The summed E-state index contributed by atoms with van der Waals surface area (Å²) in [5, 5.41) is 0. The average Bonchev–Trinajstić information content (AvgIpc) is 2.43. The molecule has 0 N–H and O–H groups in total. The van der Waals surface area contributed by atoms with Crippen LogP contribution in [0.5, 0.6) is 0 Å². The number of hydrogen-bond acceptors (Lipinski definition) is 3. The Hall–Kier alpha value is -1.45. The molecule has 101 valence electrons. The van der Waals surface area contributed by atoms with Gasteiger partial charge in [-0.15, -0.1) is 0 Å². The molecule has 0 atom stereocenters. The van der Waals surface area contributed by atoms with E-state index >= 15 is 0 Å². The molecule has 1 heterocycles. The Morgan fingerprint density at radius 3 is 2.16 bits per heavy atom. The molecule has 2 rings (SSSR count). The molecule has 0 aliphatic carbocycles. The lowest BCUT2D eigenvalue weighted by atomic mass is 10.1. The molecule has 1 fully saturated rings. The molecule has 3 heteroatoms. The molecule has 0 saturated carbocycles. The van der Waals surface area contributed by atoms with E-state index in [0.29, 0.717) is 6.54 Å². The normalized spacial score (nSPS) is 17.9. The Bertz CT molecular complexity index is 417. The standard InChI is InChI=1S/C16H21N2O/c1-15-4-6-16(7-5-15)3-2-8-17-9-11-18(12-10-17)13-14-19/h2-7,14H,1,8-13H2/b3-2+. The Kier molecular flexibility index (Phi) is 5.31. The van der Waals surface area contributed by atoms with Crippen molar-refractivity contribution in [1.82, 2.24) is 9.80 Å². The summed E-state index contributed by atoms with van der Waals surface area (Å²) >= 11 is 0. The van der Waals surface area contributed by atoms with Gasteiger partial charge in [0.15, 0.2) is 0 Å². The van der Waals surface area contributed by atoms with Gasteiger partial charge in [-0.1, -0.05) is 36.4 Å². The van der Waals surface area contributed by atoms with Gasteiger partial charge >= 0.3 is 0 Å². The minimum absolute atomic E-state index is 0.571. The number of hydrogen-bond donors (Lipinski definition) is 0. The van der Waals surface area contributed by atoms with Crippen LogP contribution in [0.25, 0.3) is 6.08 Å². The topological polar surface area (TPSA) is 23.6 Å². The molecule has 19 heavy (non-hydrogen) atoms. The highest BCUT2D eigenvalue weighted by Gasteiger charge is 2.14. The van der Waals surface area contributed by atoms with E-state index in [1.54, 1.807) is 0 Å². The van der Waals surface area contributed by atoms with E-state index in [1.165, 1.54) is 5.56 Å². The van der Waals surface area contributed by atoms with Crippen molar-refractivity contribution in [3.05, 3.63) is 48.4 Å². The number of piperazine rings is 1. The molecule has 0 unspecified atom stereocenters. The lowest BCUT2D eigenvalue weighted by Gasteiger charge is -2.32. The predicted octanol–water partition coefficient (Wildman–Crippen LogP) is 1.70. The van der Waals surface area contributed by atoms with Gasteiger partial charge in [-0.25, -0.2) is 0 Å². The molecule has 1 aliphatic heterocycles. The Morgan fingerprint density at radius 2 is 1.58 bits per heavy atom. The van der Waals surface area contributed by atoms with E-state index in [-0.39, 0.29) is 0 Å². The smallest absolute Gasteiger partial charge is 0.133 e. The Balaban J connectivity index is 1.74. The fourth-order valence-corrected chi connectivity index (χ4v) is 2.23. The van der Waals surface area contributed by atoms with Crippen molar-refractivity contribution in [3.63, 3.8) is 0 Å². The third kappa shape index (κ3) is 4.62. The van der Waals surface area contributed by atoms with Crippen LogP contribution in [0, 0.1) is 6.92 Å². The second-order valence-electron chi connectivity index (χ2n) is 4.91. The molecule has 1 saturated heterocycles. The van der Waals surface area contributed by atoms with Crippen LogP contribution in [0.4, 0.5) is 0 Å². The summed E-state index contributed by atoms with van der Waals surface area (Å²) < 4.78 is 0. The largest absolute Gasteiger partial charge is 0.302 e. The maximum atomic E-state index is 10.4. The number of aldehydes is 1. The van der Waals surface area contributed by atoms with Crippen LogP contribution in [-0.2, 0) is 4.79 Å². The summed E-state index contributed by atoms with van der Waals surface area (Å²) in [5.41, 5.74) is 2.26. The summed E-state index contributed by atoms with van der Waals surface area (Å²) in [6, 6.07) is 8.22.